The Morgan fingerprint density at radius 2 is 2.07 bits per heavy atom. The summed E-state index contributed by atoms with van der Waals surface area (Å²) in [6, 6.07) is 0. The first kappa shape index (κ1) is 19.1. The van der Waals surface area contributed by atoms with E-state index in [1.807, 2.05) is 13.8 Å². The van der Waals surface area contributed by atoms with Crippen LogP contribution in [0, 0.1) is 22.7 Å². The number of hydrogen-bond acceptors (Lipinski definition) is 3. The summed E-state index contributed by atoms with van der Waals surface area (Å²) in [5, 5.41) is 11.1. The minimum atomic E-state index is -1.85. The topological polar surface area (TPSA) is 54.4 Å². The Bertz CT molecular complexity index is 827. The molecule has 1 N–H and O–H groups in total. The number of Topliss-reactive ketones (excluding diaryl/α,β-unsaturated/α-hetero) is 1. The molecule has 0 saturated heterocycles. The molecule has 146 valence electrons. The van der Waals surface area contributed by atoms with Crippen molar-refractivity contribution in [2.45, 2.75) is 58.2 Å². The zero-order valence-electron chi connectivity index (χ0n) is 16.0. The third kappa shape index (κ3) is 2.23. The number of allylic oxidation sites excluding steroid dienone is 6. The number of aliphatic hydroxyl groups excluding tert-OH is 1. The van der Waals surface area contributed by atoms with Crippen molar-refractivity contribution in [3.8, 4) is 0 Å². The van der Waals surface area contributed by atoms with Gasteiger partial charge in [-0.2, -0.15) is 0 Å². The van der Waals surface area contributed by atoms with Gasteiger partial charge < -0.3 is 5.11 Å². The Hall–Kier alpha value is -1.26. The fourth-order valence-corrected chi connectivity index (χ4v) is 6.90. The van der Waals surface area contributed by atoms with Crippen molar-refractivity contribution in [1.82, 2.24) is 0 Å². The fourth-order valence-electron chi connectivity index (χ4n) is 6.77. The second-order valence-corrected chi connectivity index (χ2v) is 9.45. The Balaban J connectivity index is 1.82. The molecule has 0 heterocycles. The van der Waals surface area contributed by atoms with E-state index in [-0.39, 0.29) is 35.7 Å². The maximum Gasteiger partial charge on any atom is 0.178 e. The van der Waals surface area contributed by atoms with Gasteiger partial charge in [-0.25, -0.2) is 4.39 Å². The van der Waals surface area contributed by atoms with Gasteiger partial charge in [-0.15, -0.1) is 11.6 Å². The van der Waals surface area contributed by atoms with Crippen LogP contribution in [0.1, 0.15) is 46.5 Å². The molecule has 0 aromatic rings. The molecular weight excluding hydrogens is 367 g/mol. The third-order valence-corrected chi connectivity index (χ3v) is 8.20. The van der Waals surface area contributed by atoms with E-state index in [0.29, 0.717) is 24.8 Å². The smallest absolute Gasteiger partial charge is 0.178 e. The van der Waals surface area contributed by atoms with Crippen molar-refractivity contribution < 1.29 is 19.1 Å². The van der Waals surface area contributed by atoms with Crippen LogP contribution in [0.5, 0.6) is 0 Å². The molecule has 3 nitrogen and oxygen atoms in total. The van der Waals surface area contributed by atoms with Gasteiger partial charge in [-0.3, -0.25) is 9.59 Å². The molecule has 0 spiro atoms. The maximum absolute atomic E-state index is 16.8. The monoisotopic (exact) mass is 392 g/mol. The normalized spacial score (nSPS) is 45.9. The number of hydrogen-bond donors (Lipinski definition) is 1. The van der Waals surface area contributed by atoms with Crippen LogP contribution in [-0.4, -0.2) is 34.3 Å². The second-order valence-electron chi connectivity index (χ2n) is 9.18. The Labute approximate surface area is 164 Å². The van der Waals surface area contributed by atoms with E-state index in [9.17, 15) is 14.7 Å². The van der Waals surface area contributed by atoms with Crippen molar-refractivity contribution >= 4 is 23.2 Å². The first-order valence-corrected chi connectivity index (χ1v) is 10.2. The van der Waals surface area contributed by atoms with E-state index in [4.69, 9.17) is 11.6 Å². The summed E-state index contributed by atoms with van der Waals surface area (Å²) >= 11 is 5.85. The third-order valence-electron chi connectivity index (χ3n) is 7.96. The molecule has 5 heteroatoms. The van der Waals surface area contributed by atoms with Crippen molar-refractivity contribution in [2.24, 2.45) is 22.7 Å². The lowest BCUT2D eigenvalue weighted by Gasteiger charge is -2.61. The van der Waals surface area contributed by atoms with Gasteiger partial charge in [0.25, 0.3) is 0 Å². The summed E-state index contributed by atoms with van der Waals surface area (Å²) in [6.45, 7) is 5.73. The fraction of sp³-hybridized carbons (Fsp3) is 0.636. The number of carbonyl (C=O) groups excluding carboxylic acids is 2. The lowest BCUT2D eigenvalue weighted by molar-refractivity contribution is -0.185. The number of alkyl halides is 2. The van der Waals surface area contributed by atoms with Crippen LogP contribution in [0.15, 0.2) is 34.9 Å². The minimum absolute atomic E-state index is 0.0440. The summed E-state index contributed by atoms with van der Waals surface area (Å²) in [6.07, 6.45) is 5.49. The molecule has 4 aliphatic rings. The van der Waals surface area contributed by atoms with Gasteiger partial charge in [-0.05, 0) is 57.6 Å². The molecule has 6 atom stereocenters. The summed E-state index contributed by atoms with van der Waals surface area (Å²) in [5.41, 5.74) is -0.941. The Morgan fingerprint density at radius 1 is 1.37 bits per heavy atom. The molecule has 3 unspecified atom stereocenters. The van der Waals surface area contributed by atoms with Gasteiger partial charge in [0.05, 0.1) is 12.0 Å². The molecule has 2 fully saturated rings. The summed E-state index contributed by atoms with van der Waals surface area (Å²) in [4.78, 5) is 24.4. The minimum Gasteiger partial charge on any atom is -0.390 e. The van der Waals surface area contributed by atoms with Gasteiger partial charge >= 0.3 is 0 Å². The largest absolute Gasteiger partial charge is 0.390 e. The molecule has 0 aliphatic heterocycles. The average molecular weight is 393 g/mol. The number of aliphatic hydroxyl groups is 1. The first-order chi connectivity index (χ1) is 12.6. The molecule has 2 saturated carbocycles. The summed E-state index contributed by atoms with van der Waals surface area (Å²) < 4.78 is 16.8. The lowest BCUT2D eigenvalue weighted by atomic mass is 9.45. The predicted molar refractivity (Wildman–Crippen MR) is 102 cm³/mol. The predicted octanol–water partition coefficient (Wildman–Crippen LogP) is 4.09. The summed E-state index contributed by atoms with van der Waals surface area (Å²) in [5.74, 6) is -0.734. The highest BCUT2D eigenvalue weighted by atomic mass is 35.5. The number of halogens is 2. The molecule has 0 amide bonds. The van der Waals surface area contributed by atoms with Crippen LogP contribution >= 0.6 is 11.6 Å². The van der Waals surface area contributed by atoms with Gasteiger partial charge in [-0.1, -0.05) is 24.1 Å². The summed E-state index contributed by atoms with van der Waals surface area (Å²) in [7, 11) is 0. The van der Waals surface area contributed by atoms with E-state index < -0.39 is 22.6 Å². The highest BCUT2D eigenvalue weighted by Crippen LogP contribution is 2.68. The van der Waals surface area contributed by atoms with Gasteiger partial charge in [0, 0.05) is 22.3 Å². The van der Waals surface area contributed by atoms with Gasteiger partial charge in [0.2, 0.25) is 0 Å². The van der Waals surface area contributed by atoms with Crippen LogP contribution in [0.4, 0.5) is 4.39 Å². The van der Waals surface area contributed by atoms with Crippen molar-refractivity contribution in [1.29, 1.82) is 0 Å². The molecule has 0 radical (unpaired) electrons. The quantitative estimate of drug-likeness (QED) is 0.720. The van der Waals surface area contributed by atoms with Gasteiger partial charge in [0.1, 0.15) is 0 Å². The standard InChI is InChI=1S/C22H26ClFO3/c1-12-8-16-15-5-4-13-9-14(25)6-7-21(13,3)22(15,24)18(27)10-20(16,2)19(12)17(26)11-23/h6-7,9,15-16,18,27H,4-5,8,10-11H2,1-3H3/t15?,16?,18?,20-,21-,22-/m0/s1. The van der Waals surface area contributed by atoms with Crippen LogP contribution < -0.4 is 0 Å². The maximum atomic E-state index is 16.8. The number of fused-ring (bicyclic) bond motifs is 5. The molecule has 27 heavy (non-hydrogen) atoms. The Kier molecular flexibility index (Phi) is 4.15. The molecule has 0 aromatic heterocycles. The van der Waals surface area contributed by atoms with Gasteiger partial charge in [0.15, 0.2) is 17.2 Å². The average Bonchev–Trinajstić information content (AvgIpc) is 2.86. The highest BCUT2D eigenvalue weighted by Gasteiger charge is 2.70. The Morgan fingerprint density at radius 3 is 2.74 bits per heavy atom. The lowest BCUT2D eigenvalue weighted by Crippen LogP contribution is -2.66. The number of carbonyl (C=O) groups is 2. The van der Waals surface area contributed by atoms with Crippen LogP contribution in [-0.2, 0) is 9.59 Å². The van der Waals surface area contributed by atoms with E-state index in [1.165, 1.54) is 6.08 Å². The number of ketones is 2. The number of rotatable bonds is 2. The SMILES string of the molecule is CC1=C(C(=O)CCl)[C@@]2(C)CC(O)[C@@]3(F)C(CCC4=CC(=O)C=C[C@@]43C)C2C1. The van der Waals surface area contributed by atoms with E-state index in [0.717, 1.165) is 11.1 Å². The molecule has 0 bridgehead atoms. The van der Waals surface area contributed by atoms with Crippen LogP contribution in [0.3, 0.4) is 0 Å². The highest BCUT2D eigenvalue weighted by molar-refractivity contribution is 6.30. The van der Waals surface area contributed by atoms with Crippen molar-refractivity contribution in [2.75, 3.05) is 5.88 Å². The molecule has 4 aliphatic carbocycles. The van der Waals surface area contributed by atoms with Crippen molar-refractivity contribution in [3.63, 3.8) is 0 Å². The van der Waals surface area contributed by atoms with E-state index >= 15 is 4.39 Å². The molecular formula is C22H26ClFO3. The van der Waals surface area contributed by atoms with Crippen LogP contribution in [0.25, 0.3) is 0 Å². The molecule has 4 rings (SSSR count). The van der Waals surface area contributed by atoms with E-state index in [1.54, 1.807) is 19.1 Å². The zero-order chi connectivity index (χ0) is 19.8. The van der Waals surface area contributed by atoms with E-state index in [2.05, 4.69) is 0 Å². The zero-order valence-corrected chi connectivity index (χ0v) is 16.8. The van der Waals surface area contributed by atoms with Crippen molar-refractivity contribution in [3.05, 3.63) is 34.9 Å². The van der Waals surface area contributed by atoms with Crippen LogP contribution in [0.2, 0.25) is 0 Å². The molecule has 0 aromatic carbocycles. The second kappa shape index (κ2) is 5.87. The first-order valence-electron chi connectivity index (χ1n) is 9.70.